The topological polar surface area (TPSA) is 46.3 Å². The number of hydrogen-bond acceptors (Lipinski definition) is 2. The fraction of sp³-hybridized carbons (Fsp3) is 0.133. The van der Waals surface area contributed by atoms with E-state index in [4.69, 9.17) is 5.73 Å². The molecule has 0 aliphatic heterocycles. The molecule has 1 amide bonds. The molecule has 0 atom stereocenters. The van der Waals surface area contributed by atoms with Crippen LogP contribution in [0.3, 0.4) is 0 Å². The summed E-state index contributed by atoms with van der Waals surface area (Å²) >= 11 is 6.79. The van der Waals surface area contributed by atoms with Crippen molar-refractivity contribution in [2.45, 2.75) is 6.92 Å². The van der Waals surface area contributed by atoms with E-state index in [2.05, 4.69) is 31.9 Å². The first-order valence-electron chi connectivity index (χ1n) is 5.99. The number of amides is 1. The zero-order valence-corrected chi connectivity index (χ0v) is 14.3. The summed E-state index contributed by atoms with van der Waals surface area (Å²) in [5.74, 6) is -0.0883. The molecule has 0 saturated carbocycles. The molecule has 2 aromatic rings. The zero-order valence-electron chi connectivity index (χ0n) is 11.2. The molecule has 0 aromatic heterocycles. The summed E-state index contributed by atoms with van der Waals surface area (Å²) < 4.78 is 1.87. The molecular formula is C15H14Br2N2O. The molecule has 0 aliphatic carbocycles. The molecular weight excluding hydrogens is 384 g/mol. The molecule has 0 aliphatic rings. The largest absolute Gasteiger partial charge is 0.397 e. The highest BCUT2D eigenvalue weighted by Crippen LogP contribution is 2.27. The number of hydrogen-bond donors (Lipinski definition) is 1. The lowest BCUT2D eigenvalue weighted by Gasteiger charge is -2.20. The minimum Gasteiger partial charge on any atom is -0.397 e. The Bertz CT molecular complexity index is 671. The van der Waals surface area contributed by atoms with Crippen LogP contribution >= 0.6 is 31.9 Å². The quantitative estimate of drug-likeness (QED) is 0.764. The third-order valence-corrected chi connectivity index (χ3v) is 4.44. The smallest absolute Gasteiger partial charge is 0.258 e. The number of halogens is 2. The lowest BCUT2D eigenvalue weighted by Crippen LogP contribution is -2.27. The zero-order chi connectivity index (χ0) is 14.9. The molecule has 0 fully saturated rings. The Labute approximate surface area is 135 Å². The van der Waals surface area contributed by atoms with Crippen molar-refractivity contribution in [3.05, 3.63) is 56.5 Å². The van der Waals surface area contributed by atoms with E-state index in [0.29, 0.717) is 16.9 Å². The van der Waals surface area contributed by atoms with Gasteiger partial charge in [-0.2, -0.15) is 0 Å². The van der Waals surface area contributed by atoms with E-state index < -0.39 is 0 Å². The van der Waals surface area contributed by atoms with E-state index in [1.807, 2.05) is 31.2 Å². The van der Waals surface area contributed by atoms with Gasteiger partial charge in [-0.25, -0.2) is 0 Å². The predicted molar refractivity (Wildman–Crippen MR) is 90.2 cm³/mol. The van der Waals surface area contributed by atoms with Crippen LogP contribution in [0.1, 0.15) is 15.9 Å². The van der Waals surface area contributed by atoms with Gasteiger partial charge in [0.05, 0.1) is 11.4 Å². The molecule has 0 bridgehead atoms. The molecule has 2 N–H and O–H groups in total. The van der Waals surface area contributed by atoms with Gasteiger partial charge >= 0.3 is 0 Å². The Morgan fingerprint density at radius 2 is 1.85 bits per heavy atom. The van der Waals surface area contributed by atoms with E-state index in [-0.39, 0.29) is 5.91 Å². The molecule has 3 nitrogen and oxygen atoms in total. The monoisotopic (exact) mass is 396 g/mol. The van der Waals surface area contributed by atoms with Gasteiger partial charge in [0.25, 0.3) is 5.91 Å². The summed E-state index contributed by atoms with van der Waals surface area (Å²) in [7, 11) is 1.72. The number of carbonyl (C=O) groups excluding carboxylic acids is 1. The number of nitrogens with zero attached hydrogens (tertiary/aromatic N) is 1. The number of carbonyl (C=O) groups is 1. The van der Waals surface area contributed by atoms with Gasteiger partial charge in [0.1, 0.15) is 0 Å². The first-order valence-corrected chi connectivity index (χ1v) is 7.58. The Morgan fingerprint density at radius 3 is 2.45 bits per heavy atom. The van der Waals surface area contributed by atoms with Gasteiger partial charge in [0, 0.05) is 21.6 Å². The van der Waals surface area contributed by atoms with Crippen molar-refractivity contribution < 1.29 is 4.79 Å². The van der Waals surface area contributed by atoms with Crippen LogP contribution in [0.25, 0.3) is 0 Å². The maximum atomic E-state index is 12.5. The van der Waals surface area contributed by atoms with Crippen molar-refractivity contribution in [3.63, 3.8) is 0 Å². The van der Waals surface area contributed by atoms with Crippen LogP contribution < -0.4 is 10.6 Å². The molecule has 0 heterocycles. The van der Waals surface area contributed by atoms with Gasteiger partial charge in [-0.05, 0) is 48.9 Å². The normalized spacial score (nSPS) is 10.4. The maximum absolute atomic E-state index is 12.5. The summed E-state index contributed by atoms with van der Waals surface area (Å²) in [6, 6.07) is 11.0. The highest BCUT2D eigenvalue weighted by atomic mass is 79.9. The standard InChI is InChI=1S/C15H14Br2N2O/c1-9-7-10(3-5-12(9)17)15(20)19(2)14-6-4-11(16)8-13(14)18/h3-8H,18H2,1-2H3. The van der Waals surface area contributed by atoms with Crippen LogP contribution in [0.2, 0.25) is 0 Å². The average Bonchev–Trinajstić information content (AvgIpc) is 2.40. The third-order valence-electron chi connectivity index (χ3n) is 3.06. The summed E-state index contributed by atoms with van der Waals surface area (Å²) in [4.78, 5) is 14.0. The predicted octanol–water partition coefficient (Wildman–Crippen LogP) is 4.38. The van der Waals surface area contributed by atoms with E-state index in [1.54, 1.807) is 24.1 Å². The number of rotatable bonds is 2. The molecule has 0 unspecified atom stereocenters. The number of nitrogens with two attached hydrogens (primary N) is 1. The van der Waals surface area contributed by atoms with Gasteiger partial charge in [0.2, 0.25) is 0 Å². The molecule has 0 saturated heterocycles. The summed E-state index contributed by atoms with van der Waals surface area (Å²) in [5, 5.41) is 0. The van der Waals surface area contributed by atoms with E-state index >= 15 is 0 Å². The lowest BCUT2D eigenvalue weighted by molar-refractivity contribution is 0.0993. The molecule has 0 radical (unpaired) electrons. The van der Waals surface area contributed by atoms with Gasteiger partial charge in [-0.3, -0.25) is 4.79 Å². The van der Waals surface area contributed by atoms with Crippen LogP contribution in [0.4, 0.5) is 11.4 Å². The van der Waals surface area contributed by atoms with Gasteiger partial charge in [-0.1, -0.05) is 31.9 Å². The fourth-order valence-corrected chi connectivity index (χ4v) is 2.54. The molecule has 5 heteroatoms. The summed E-state index contributed by atoms with van der Waals surface area (Å²) in [6.45, 7) is 1.95. The van der Waals surface area contributed by atoms with Crippen molar-refractivity contribution in [1.82, 2.24) is 0 Å². The van der Waals surface area contributed by atoms with Crippen molar-refractivity contribution in [1.29, 1.82) is 0 Å². The highest BCUT2D eigenvalue weighted by Gasteiger charge is 2.16. The number of anilines is 2. The van der Waals surface area contributed by atoms with E-state index in [1.165, 1.54) is 0 Å². The molecule has 104 valence electrons. The number of benzene rings is 2. The first kappa shape index (κ1) is 15.1. The molecule has 0 spiro atoms. The van der Waals surface area contributed by atoms with Crippen molar-refractivity contribution in [2.75, 3.05) is 17.7 Å². The van der Waals surface area contributed by atoms with Gasteiger partial charge in [-0.15, -0.1) is 0 Å². The Hall–Kier alpha value is -1.33. The van der Waals surface area contributed by atoms with Gasteiger partial charge in [0.15, 0.2) is 0 Å². The summed E-state index contributed by atoms with van der Waals surface area (Å²) in [6.07, 6.45) is 0. The molecule has 2 rings (SSSR count). The van der Waals surface area contributed by atoms with E-state index in [9.17, 15) is 4.79 Å². The minimum absolute atomic E-state index is 0.0883. The van der Waals surface area contributed by atoms with Crippen LogP contribution in [-0.4, -0.2) is 13.0 Å². The highest BCUT2D eigenvalue weighted by molar-refractivity contribution is 9.10. The van der Waals surface area contributed by atoms with Crippen molar-refractivity contribution in [3.8, 4) is 0 Å². The fourth-order valence-electron chi connectivity index (χ4n) is 1.91. The number of aryl methyl sites for hydroxylation is 1. The minimum atomic E-state index is -0.0883. The Morgan fingerprint density at radius 1 is 1.15 bits per heavy atom. The second-order valence-electron chi connectivity index (χ2n) is 4.53. The third kappa shape index (κ3) is 3.04. The van der Waals surface area contributed by atoms with Crippen LogP contribution in [0.5, 0.6) is 0 Å². The van der Waals surface area contributed by atoms with E-state index in [0.717, 1.165) is 14.5 Å². The van der Waals surface area contributed by atoms with Crippen LogP contribution in [0, 0.1) is 6.92 Å². The second kappa shape index (κ2) is 5.97. The lowest BCUT2D eigenvalue weighted by atomic mass is 10.1. The summed E-state index contributed by atoms with van der Waals surface area (Å²) in [5.41, 5.74) is 8.87. The van der Waals surface area contributed by atoms with Crippen LogP contribution in [-0.2, 0) is 0 Å². The Kier molecular flexibility index (Phi) is 4.50. The SMILES string of the molecule is Cc1cc(C(=O)N(C)c2ccc(Br)cc2N)ccc1Br. The second-order valence-corrected chi connectivity index (χ2v) is 6.30. The van der Waals surface area contributed by atoms with Crippen molar-refractivity contribution >= 4 is 49.1 Å². The first-order chi connectivity index (χ1) is 9.40. The molecule has 2 aromatic carbocycles. The van der Waals surface area contributed by atoms with Gasteiger partial charge < -0.3 is 10.6 Å². The average molecular weight is 398 g/mol. The molecule has 20 heavy (non-hydrogen) atoms. The number of nitrogen functional groups attached to an aromatic ring is 1. The Balaban J connectivity index is 2.34. The maximum Gasteiger partial charge on any atom is 0.258 e. The van der Waals surface area contributed by atoms with Crippen LogP contribution in [0.15, 0.2) is 45.3 Å². The van der Waals surface area contributed by atoms with Crippen molar-refractivity contribution in [2.24, 2.45) is 0 Å².